The molecule has 102 valence electrons. The van der Waals surface area contributed by atoms with E-state index in [0.717, 1.165) is 24.8 Å². The van der Waals surface area contributed by atoms with E-state index in [1.807, 2.05) is 43.2 Å². The number of aromatic nitrogens is 2. The topological polar surface area (TPSA) is 29.9 Å². The Morgan fingerprint density at radius 2 is 2.00 bits per heavy atom. The third-order valence-corrected chi connectivity index (χ3v) is 3.48. The fraction of sp³-hybridized carbons (Fsp3) is 0.400. The Labute approximate surface area is 113 Å². The van der Waals surface area contributed by atoms with E-state index in [1.54, 1.807) is 0 Å². The van der Waals surface area contributed by atoms with Gasteiger partial charge in [0, 0.05) is 25.0 Å². The predicted octanol–water partition coefficient (Wildman–Crippen LogP) is 2.32. The Morgan fingerprint density at radius 1 is 1.26 bits per heavy atom. The van der Waals surface area contributed by atoms with E-state index in [1.165, 1.54) is 17.8 Å². The summed E-state index contributed by atoms with van der Waals surface area (Å²) in [6, 6.07) is 9.17. The van der Waals surface area contributed by atoms with Crippen LogP contribution in [0.2, 0.25) is 0 Å². The molecule has 0 aliphatic rings. The molecule has 0 spiro atoms. The number of aryl methyl sites for hydroxylation is 2. The van der Waals surface area contributed by atoms with Gasteiger partial charge in [-0.2, -0.15) is 5.10 Å². The number of likely N-dealkylation sites (N-methyl/N-ethyl adjacent to an activating group) is 1. The first-order valence-corrected chi connectivity index (χ1v) is 6.57. The van der Waals surface area contributed by atoms with Gasteiger partial charge in [0.1, 0.15) is 5.82 Å². The van der Waals surface area contributed by atoms with E-state index in [9.17, 15) is 4.39 Å². The molecule has 19 heavy (non-hydrogen) atoms. The Balaban J connectivity index is 1.90. The van der Waals surface area contributed by atoms with Crippen LogP contribution in [0.15, 0.2) is 36.5 Å². The average Bonchev–Trinajstić information content (AvgIpc) is 2.82. The summed E-state index contributed by atoms with van der Waals surface area (Å²) in [7, 11) is 3.93. The van der Waals surface area contributed by atoms with E-state index in [4.69, 9.17) is 0 Å². The van der Waals surface area contributed by atoms with Crippen molar-refractivity contribution in [1.82, 2.24) is 15.1 Å². The fourth-order valence-electron chi connectivity index (χ4n) is 2.22. The molecule has 0 aliphatic heterocycles. The third-order valence-electron chi connectivity index (χ3n) is 3.48. The summed E-state index contributed by atoms with van der Waals surface area (Å²) in [5.74, 6) is -0.181. The van der Waals surface area contributed by atoms with Crippen molar-refractivity contribution >= 4 is 0 Å². The molecule has 0 fully saturated rings. The summed E-state index contributed by atoms with van der Waals surface area (Å²) in [6.07, 6.45) is 4.76. The highest BCUT2D eigenvalue weighted by molar-refractivity contribution is 5.17. The highest BCUT2D eigenvalue weighted by Crippen LogP contribution is 2.10. The molecular formula is C15H20FN3. The number of halogens is 1. The lowest BCUT2D eigenvalue weighted by molar-refractivity contribution is 0.509. The van der Waals surface area contributed by atoms with Gasteiger partial charge in [0.2, 0.25) is 0 Å². The normalized spacial score (nSPS) is 12.6. The summed E-state index contributed by atoms with van der Waals surface area (Å²) in [5, 5.41) is 7.49. The first-order valence-electron chi connectivity index (χ1n) is 6.57. The standard InChI is InChI=1S/C15H20FN3/c1-17-14(7-8-15-9-10-18-19(15)2)11-12-3-5-13(16)6-4-12/h3-6,9-10,14,17H,7-8,11H2,1-2H3. The van der Waals surface area contributed by atoms with Gasteiger partial charge >= 0.3 is 0 Å². The molecule has 3 nitrogen and oxygen atoms in total. The lowest BCUT2D eigenvalue weighted by atomic mass is 10.0. The van der Waals surface area contributed by atoms with Crippen LogP contribution in [-0.2, 0) is 19.9 Å². The van der Waals surface area contributed by atoms with Crippen molar-refractivity contribution < 1.29 is 4.39 Å². The van der Waals surface area contributed by atoms with Gasteiger partial charge in [-0.3, -0.25) is 4.68 Å². The molecule has 1 atom stereocenters. The van der Waals surface area contributed by atoms with Crippen molar-refractivity contribution in [2.45, 2.75) is 25.3 Å². The van der Waals surface area contributed by atoms with Crippen molar-refractivity contribution in [2.75, 3.05) is 7.05 Å². The maximum absolute atomic E-state index is 12.9. The molecule has 2 rings (SSSR count). The first kappa shape index (κ1) is 13.7. The Bertz CT molecular complexity index is 504. The molecule has 1 unspecified atom stereocenters. The Hall–Kier alpha value is -1.68. The van der Waals surface area contributed by atoms with Crippen LogP contribution in [0.5, 0.6) is 0 Å². The molecule has 4 heteroatoms. The molecule has 0 saturated carbocycles. The summed E-state index contributed by atoms with van der Waals surface area (Å²) in [5.41, 5.74) is 2.39. The second-order valence-corrected chi connectivity index (χ2v) is 4.80. The van der Waals surface area contributed by atoms with Gasteiger partial charge in [0.15, 0.2) is 0 Å². The number of hydrogen-bond donors (Lipinski definition) is 1. The van der Waals surface area contributed by atoms with E-state index >= 15 is 0 Å². The number of benzene rings is 1. The summed E-state index contributed by atoms with van der Waals surface area (Å²) in [4.78, 5) is 0. The maximum atomic E-state index is 12.9. The lowest BCUT2D eigenvalue weighted by Crippen LogP contribution is -2.28. The fourth-order valence-corrected chi connectivity index (χ4v) is 2.22. The van der Waals surface area contributed by atoms with Crippen LogP contribution in [0, 0.1) is 5.82 Å². The van der Waals surface area contributed by atoms with Gasteiger partial charge in [-0.15, -0.1) is 0 Å². The smallest absolute Gasteiger partial charge is 0.123 e. The number of hydrogen-bond acceptors (Lipinski definition) is 2. The highest BCUT2D eigenvalue weighted by Gasteiger charge is 2.09. The predicted molar refractivity (Wildman–Crippen MR) is 74.5 cm³/mol. The first-order chi connectivity index (χ1) is 9.19. The molecule has 2 aromatic rings. The second-order valence-electron chi connectivity index (χ2n) is 4.80. The van der Waals surface area contributed by atoms with Crippen molar-refractivity contribution in [2.24, 2.45) is 7.05 Å². The molecule has 0 saturated heterocycles. The zero-order chi connectivity index (χ0) is 13.7. The van der Waals surface area contributed by atoms with Crippen molar-refractivity contribution in [3.05, 3.63) is 53.6 Å². The van der Waals surface area contributed by atoms with Crippen LogP contribution in [0.4, 0.5) is 4.39 Å². The molecule has 1 N–H and O–H groups in total. The van der Waals surface area contributed by atoms with Gasteiger partial charge in [0.25, 0.3) is 0 Å². The van der Waals surface area contributed by atoms with E-state index in [0.29, 0.717) is 6.04 Å². The van der Waals surface area contributed by atoms with Crippen molar-refractivity contribution in [3.8, 4) is 0 Å². The van der Waals surface area contributed by atoms with Crippen LogP contribution in [0.1, 0.15) is 17.7 Å². The van der Waals surface area contributed by atoms with E-state index in [-0.39, 0.29) is 5.82 Å². The zero-order valence-corrected chi connectivity index (χ0v) is 11.4. The van der Waals surface area contributed by atoms with Gasteiger partial charge in [0.05, 0.1) is 0 Å². The largest absolute Gasteiger partial charge is 0.317 e. The zero-order valence-electron chi connectivity index (χ0n) is 11.4. The molecule has 0 amide bonds. The summed E-state index contributed by atoms with van der Waals surface area (Å²) >= 11 is 0. The molecule has 0 radical (unpaired) electrons. The van der Waals surface area contributed by atoms with Gasteiger partial charge in [-0.25, -0.2) is 4.39 Å². The molecule has 0 bridgehead atoms. The Kier molecular flexibility index (Phi) is 4.68. The number of rotatable bonds is 6. The minimum Gasteiger partial charge on any atom is -0.317 e. The van der Waals surface area contributed by atoms with Crippen LogP contribution in [-0.4, -0.2) is 22.9 Å². The molecular weight excluding hydrogens is 241 g/mol. The van der Waals surface area contributed by atoms with Crippen molar-refractivity contribution in [1.29, 1.82) is 0 Å². The molecule has 1 aromatic carbocycles. The van der Waals surface area contributed by atoms with Crippen LogP contribution < -0.4 is 5.32 Å². The van der Waals surface area contributed by atoms with Gasteiger partial charge in [-0.1, -0.05) is 12.1 Å². The third kappa shape index (κ3) is 3.89. The van der Waals surface area contributed by atoms with Crippen LogP contribution in [0.3, 0.4) is 0 Å². The molecule has 1 aromatic heterocycles. The number of nitrogens with one attached hydrogen (secondary N) is 1. The maximum Gasteiger partial charge on any atom is 0.123 e. The summed E-state index contributed by atoms with van der Waals surface area (Å²) < 4.78 is 14.8. The monoisotopic (exact) mass is 261 g/mol. The Morgan fingerprint density at radius 3 is 2.58 bits per heavy atom. The van der Waals surface area contributed by atoms with Crippen LogP contribution >= 0.6 is 0 Å². The lowest BCUT2D eigenvalue weighted by Gasteiger charge is -2.16. The van der Waals surface area contributed by atoms with E-state index < -0.39 is 0 Å². The summed E-state index contributed by atoms with van der Waals surface area (Å²) in [6.45, 7) is 0. The number of nitrogens with zero attached hydrogens (tertiary/aromatic N) is 2. The van der Waals surface area contributed by atoms with Gasteiger partial charge in [-0.05, 0) is 50.1 Å². The second kappa shape index (κ2) is 6.48. The average molecular weight is 261 g/mol. The van der Waals surface area contributed by atoms with Crippen LogP contribution in [0.25, 0.3) is 0 Å². The SMILES string of the molecule is CNC(CCc1ccnn1C)Cc1ccc(F)cc1. The van der Waals surface area contributed by atoms with Crippen molar-refractivity contribution in [3.63, 3.8) is 0 Å². The quantitative estimate of drug-likeness (QED) is 0.865. The molecule has 1 heterocycles. The van der Waals surface area contributed by atoms with E-state index in [2.05, 4.69) is 10.4 Å². The van der Waals surface area contributed by atoms with Gasteiger partial charge < -0.3 is 5.32 Å². The highest BCUT2D eigenvalue weighted by atomic mass is 19.1. The minimum absolute atomic E-state index is 0.181. The minimum atomic E-state index is -0.181. The molecule has 0 aliphatic carbocycles.